The van der Waals surface area contributed by atoms with Crippen LogP contribution in [0.1, 0.15) is 26.3 Å². The molecule has 1 aliphatic rings. The Hall–Kier alpha value is -0.930. The van der Waals surface area contributed by atoms with Gasteiger partial charge in [0, 0.05) is 31.2 Å². The molecule has 0 amide bonds. The zero-order valence-corrected chi connectivity index (χ0v) is 11.5. The quantitative estimate of drug-likeness (QED) is 0.886. The van der Waals surface area contributed by atoms with E-state index in [0.717, 1.165) is 26.1 Å². The van der Waals surface area contributed by atoms with E-state index >= 15 is 0 Å². The van der Waals surface area contributed by atoms with E-state index in [1.165, 1.54) is 5.56 Å². The number of nitrogens with one attached hydrogen (secondary N) is 1. The molecule has 3 heteroatoms. The SMILES string of the molecule is CC(Cc1ccc(F)cc1)N1CCNC(C)(C)C1. The molecule has 1 aromatic carbocycles. The second kappa shape index (κ2) is 5.37. The van der Waals surface area contributed by atoms with Gasteiger partial charge in [-0.1, -0.05) is 12.1 Å². The molecule has 1 fully saturated rings. The predicted octanol–water partition coefficient (Wildman–Crippen LogP) is 2.44. The van der Waals surface area contributed by atoms with Crippen molar-refractivity contribution in [2.75, 3.05) is 19.6 Å². The first kappa shape index (κ1) is 13.5. The lowest BCUT2D eigenvalue weighted by Gasteiger charge is -2.42. The molecular formula is C15H23FN2. The number of halogens is 1. The highest BCUT2D eigenvalue weighted by atomic mass is 19.1. The molecular weight excluding hydrogens is 227 g/mol. The van der Waals surface area contributed by atoms with Crippen LogP contribution in [0.25, 0.3) is 0 Å². The molecule has 0 aliphatic carbocycles. The Balaban J connectivity index is 1.95. The Bertz CT molecular complexity index is 386. The molecule has 1 heterocycles. The minimum Gasteiger partial charge on any atom is -0.309 e. The summed E-state index contributed by atoms with van der Waals surface area (Å²) in [5.41, 5.74) is 1.40. The highest BCUT2D eigenvalue weighted by Crippen LogP contribution is 2.16. The molecule has 1 aromatic rings. The van der Waals surface area contributed by atoms with Crippen molar-refractivity contribution in [2.45, 2.75) is 38.8 Å². The second-order valence-electron chi connectivity index (χ2n) is 5.96. The van der Waals surface area contributed by atoms with Crippen LogP contribution in [0.2, 0.25) is 0 Å². The van der Waals surface area contributed by atoms with Gasteiger partial charge >= 0.3 is 0 Å². The first-order valence-corrected chi connectivity index (χ1v) is 6.70. The number of piperazine rings is 1. The molecule has 0 radical (unpaired) electrons. The zero-order valence-electron chi connectivity index (χ0n) is 11.5. The van der Waals surface area contributed by atoms with Gasteiger partial charge in [-0.15, -0.1) is 0 Å². The van der Waals surface area contributed by atoms with E-state index in [2.05, 4.69) is 31.0 Å². The molecule has 2 rings (SSSR count). The third-order valence-corrected chi connectivity index (χ3v) is 3.67. The average Bonchev–Trinajstić information content (AvgIpc) is 2.31. The van der Waals surface area contributed by atoms with E-state index in [9.17, 15) is 4.39 Å². The Morgan fingerprint density at radius 1 is 1.33 bits per heavy atom. The van der Waals surface area contributed by atoms with Gasteiger partial charge in [0.05, 0.1) is 0 Å². The lowest BCUT2D eigenvalue weighted by molar-refractivity contribution is 0.116. The van der Waals surface area contributed by atoms with Crippen molar-refractivity contribution in [2.24, 2.45) is 0 Å². The average molecular weight is 250 g/mol. The fourth-order valence-corrected chi connectivity index (χ4v) is 2.65. The summed E-state index contributed by atoms with van der Waals surface area (Å²) < 4.78 is 12.9. The van der Waals surface area contributed by atoms with Crippen molar-refractivity contribution in [3.05, 3.63) is 35.6 Å². The summed E-state index contributed by atoms with van der Waals surface area (Å²) in [6, 6.07) is 7.36. The summed E-state index contributed by atoms with van der Waals surface area (Å²) in [5.74, 6) is -0.158. The predicted molar refractivity (Wildman–Crippen MR) is 73.2 cm³/mol. The standard InChI is InChI=1S/C15H23FN2/c1-12(10-13-4-6-14(16)7-5-13)18-9-8-17-15(2,3)11-18/h4-7,12,17H,8-11H2,1-3H3. The summed E-state index contributed by atoms with van der Waals surface area (Å²) >= 11 is 0. The molecule has 0 bridgehead atoms. The van der Waals surface area contributed by atoms with E-state index in [0.29, 0.717) is 6.04 Å². The molecule has 1 N–H and O–H groups in total. The molecule has 1 saturated heterocycles. The minimum absolute atomic E-state index is 0.158. The number of hydrogen-bond donors (Lipinski definition) is 1. The van der Waals surface area contributed by atoms with Crippen LogP contribution >= 0.6 is 0 Å². The van der Waals surface area contributed by atoms with Gasteiger partial charge in [-0.2, -0.15) is 0 Å². The van der Waals surface area contributed by atoms with Gasteiger partial charge < -0.3 is 5.32 Å². The highest BCUT2D eigenvalue weighted by molar-refractivity contribution is 5.17. The number of nitrogens with zero attached hydrogens (tertiary/aromatic N) is 1. The van der Waals surface area contributed by atoms with Gasteiger partial charge in [0.2, 0.25) is 0 Å². The largest absolute Gasteiger partial charge is 0.309 e. The van der Waals surface area contributed by atoms with E-state index < -0.39 is 0 Å². The van der Waals surface area contributed by atoms with Crippen LogP contribution in [0.5, 0.6) is 0 Å². The summed E-state index contributed by atoms with van der Waals surface area (Å²) in [7, 11) is 0. The van der Waals surface area contributed by atoms with Crippen molar-refractivity contribution in [3.8, 4) is 0 Å². The summed E-state index contributed by atoms with van der Waals surface area (Å²) in [6.45, 7) is 9.93. The monoisotopic (exact) mass is 250 g/mol. The normalized spacial score (nSPS) is 21.8. The zero-order chi connectivity index (χ0) is 13.2. The molecule has 0 saturated carbocycles. The number of rotatable bonds is 3. The van der Waals surface area contributed by atoms with Crippen LogP contribution < -0.4 is 5.32 Å². The van der Waals surface area contributed by atoms with Gasteiger partial charge in [-0.25, -0.2) is 4.39 Å². The first-order valence-electron chi connectivity index (χ1n) is 6.70. The first-order chi connectivity index (χ1) is 8.46. The summed E-state index contributed by atoms with van der Waals surface area (Å²) in [5, 5.41) is 3.52. The van der Waals surface area contributed by atoms with E-state index in [1.54, 1.807) is 12.1 Å². The Morgan fingerprint density at radius 3 is 2.61 bits per heavy atom. The fraction of sp³-hybridized carbons (Fsp3) is 0.600. The van der Waals surface area contributed by atoms with Crippen LogP contribution in [-0.4, -0.2) is 36.1 Å². The maximum absolute atomic E-state index is 12.9. The highest BCUT2D eigenvalue weighted by Gasteiger charge is 2.28. The molecule has 1 aliphatic heterocycles. The summed E-state index contributed by atoms with van der Waals surface area (Å²) in [6.07, 6.45) is 0.982. The van der Waals surface area contributed by atoms with Crippen LogP contribution in [0.4, 0.5) is 4.39 Å². The third-order valence-electron chi connectivity index (χ3n) is 3.67. The molecule has 100 valence electrons. The van der Waals surface area contributed by atoms with Crippen molar-refractivity contribution in [1.82, 2.24) is 10.2 Å². The van der Waals surface area contributed by atoms with Gasteiger partial charge in [0.25, 0.3) is 0 Å². The van der Waals surface area contributed by atoms with Crippen LogP contribution in [0.15, 0.2) is 24.3 Å². The van der Waals surface area contributed by atoms with E-state index in [-0.39, 0.29) is 11.4 Å². The minimum atomic E-state index is -0.158. The maximum atomic E-state index is 12.9. The van der Waals surface area contributed by atoms with Gasteiger partial charge in [-0.3, -0.25) is 4.90 Å². The lowest BCUT2D eigenvalue weighted by atomic mass is 9.98. The number of hydrogen-bond acceptors (Lipinski definition) is 2. The molecule has 1 unspecified atom stereocenters. The van der Waals surface area contributed by atoms with Crippen LogP contribution in [-0.2, 0) is 6.42 Å². The van der Waals surface area contributed by atoms with Crippen molar-refractivity contribution in [3.63, 3.8) is 0 Å². The topological polar surface area (TPSA) is 15.3 Å². The Labute approximate surface area is 109 Å². The Morgan fingerprint density at radius 2 is 2.00 bits per heavy atom. The molecule has 0 spiro atoms. The van der Waals surface area contributed by atoms with Gasteiger partial charge in [0.15, 0.2) is 0 Å². The summed E-state index contributed by atoms with van der Waals surface area (Å²) in [4.78, 5) is 2.51. The lowest BCUT2D eigenvalue weighted by Crippen LogP contribution is -2.59. The molecule has 18 heavy (non-hydrogen) atoms. The molecule has 2 nitrogen and oxygen atoms in total. The van der Waals surface area contributed by atoms with Gasteiger partial charge in [0.1, 0.15) is 5.82 Å². The van der Waals surface area contributed by atoms with Crippen LogP contribution in [0, 0.1) is 5.82 Å². The van der Waals surface area contributed by atoms with Crippen LogP contribution in [0.3, 0.4) is 0 Å². The number of benzene rings is 1. The van der Waals surface area contributed by atoms with E-state index in [4.69, 9.17) is 0 Å². The van der Waals surface area contributed by atoms with Crippen molar-refractivity contribution < 1.29 is 4.39 Å². The van der Waals surface area contributed by atoms with Crippen molar-refractivity contribution >= 4 is 0 Å². The Kier molecular flexibility index (Phi) is 4.03. The fourth-order valence-electron chi connectivity index (χ4n) is 2.65. The molecule has 0 aromatic heterocycles. The van der Waals surface area contributed by atoms with Gasteiger partial charge in [-0.05, 0) is 44.9 Å². The van der Waals surface area contributed by atoms with E-state index in [1.807, 2.05) is 12.1 Å². The second-order valence-corrected chi connectivity index (χ2v) is 5.96. The maximum Gasteiger partial charge on any atom is 0.123 e. The van der Waals surface area contributed by atoms with Crippen molar-refractivity contribution in [1.29, 1.82) is 0 Å². The third kappa shape index (κ3) is 3.53. The molecule has 1 atom stereocenters. The smallest absolute Gasteiger partial charge is 0.123 e.